The Balaban J connectivity index is 1.72. The van der Waals surface area contributed by atoms with Crippen molar-refractivity contribution in [1.82, 2.24) is 24.8 Å². The van der Waals surface area contributed by atoms with Gasteiger partial charge in [0.25, 0.3) is 0 Å². The van der Waals surface area contributed by atoms with Gasteiger partial charge in [-0.15, -0.1) is 5.10 Å². The van der Waals surface area contributed by atoms with Crippen molar-refractivity contribution in [2.24, 2.45) is 0 Å². The number of thioether (sulfide) groups is 1. The van der Waals surface area contributed by atoms with Crippen LogP contribution in [0.25, 0.3) is 5.69 Å². The third kappa shape index (κ3) is 4.34. The van der Waals surface area contributed by atoms with E-state index in [-0.39, 0.29) is 11.5 Å². The molecule has 3 aromatic rings. The Bertz CT molecular complexity index is 963. The highest BCUT2D eigenvalue weighted by Crippen LogP contribution is 2.23. The zero-order chi connectivity index (χ0) is 20.1. The summed E-state index contributed by atoms with van der Waals surface area (Å²) >= 11 is 1.35. The minimum Gasteiger partial charge on any atom is -0.385 e. The summed E-state index contributed by atoms with van der Waals surface area (Å²) in [6, 6.07) is 9.86. The van der Waals surface area contributed by atoms with E-state index >= 15 is 0 Å². The normalized spacial score (nSPS) is 11.1. The Morgan fingerprint density at radius 1 is 1.21 bits per heavy atom. The molecule has 148 valence electrons. The van der Waals surface area contributed by atoms with Gasteiger partial charge in [0.2, 0.25) is 5.16 Å². The number of ether oxygens (including phenoxy) is 1. The lowest BCUT2D eigenvalue weighted by atomic mass is 10.2. The highest BCUT2D eigenvalue weighted by molar-refractivity contribution is 7.99. The predicted octanol–water partition coefficient (Wildman–Crippen LogP) is 3.40. The first-order chi connectivity index (χ1) is 13.5. The fourth-order valence-corrected chi connectivity index (χ4v) is 3.99. The maximum atomic E-state index is 12.8. The number of hydrogen-bond acceptors (Lipinski definition) is 6. The summed E-state index contributed by atoms with van der Waals surface area (Å²) in [4.78, 5) is 12.8. The monoisotopic (exact) mass is 399 g/mol. The van der Waals surface area contributed by atoms with Crippen molar-refractivity contribution in [2.45, 2.75) is 38.9 Å². The van der Waals surface area contributed by atoms with Gasteiger partial charge in [0.15, 0.2) is 5.78 Å². The number of carbonyl (C=O) groups is 1. The summed E-state index contributed by atoms with van der Waals surface area (Å²) in [6.07, 6.45) is 0.917. The lowest BCUT2D eigenvalue weighted by Gasteiger charge is -2.09. The summed E-state index contributed by atoms with van der Waals surface area (Å²) in [5.41, 5.74) is 4.84. The number of para-hydroxylation sites is 1. The van der Waals surface area contributed by atoms with E-state index in [2.05, 4.69) is 20.1 Å². The molecular formula is C20H25N5O2S. The molecule has 0 spiro atoms. The predicted molar refractivity (Wildman–Crippen MR) is 109 cm³/mol. The molecule has 0 aliphatic carbocycles. The van der Waals surface area contributed by atoms with Crippen LogP contribution in [-0.2, 0) is 11.3 Å². The summed E-state index contributed by atoms with van der Waals surface area (Å²) in [6.45, 7) is 7.59. The Hall–Kier alpha value is -2.45. The van der Waals surface area contributed by atoms with Crippen LogP contribution in [0.3, 0.4) is 0 Å². The van der Waals surface area contributed by atoms with E-state index in [1.54, 1.807) is 11.8 Å². The number of aromatic nitrogens is 5. The number of nitrogens with zero attached hydrogens (tertiary/aromatic N) is 5. The molecule has 3 rings (SSSR count). The number of hydrogen-bond donors (Lipinski definition) is 0. The highest BCUT2D eigenvalue weighted by atomic mass is 32.2. The molecule has 28 heavy (non-hydrogen) atoms. The van der Waals surface area contributed by atoms with Crippen molar-refractivity contribution < 1.29 is 9.53 Å². The van der Waals surface area contributed by atoms with Gasteiger partial charge in [0.05, 0.1) is 11.4 Å². The van der Waals surface area contributed by atoms with Crippen LogP contribution in [-0.4, -0.2) is 50.0 Å². The van der Waals surface area contributed by atoms with Crippen molar-refractivity contribution in [2.75, 3.05) is 19.5 Å². The standard InChI is InChI=1S/C20H25N5O2S/c1-14-8-5-6-9-18(14)25-20(21-22-23-25)28-13-19(26)17-12-15(2)24(16(17)3)10-7-11-27-4/h5-6,8-9,12H,7,10-11,13H2,1-4H3. The number of ketones is 1. The second-order valence-electron chi connectivity index (χ2n) is 6.65. The Morgan fingerprint density at radius 2 is 2.00 bits per heavy atom. The number of rotatable bonds is 9. The third-order valence-electron chi connectivity index (χ3n) is 4.72. The van der Waals surface area contributed by atoms with Crippen LogP contribution >= 0.6 is 11.8 Å². The van der Waals surface area contributed by atoms with Crippen molar-refractivity contribution >= 4 is 17.5 Å². The molecule has 0 unspecified atom stereocenters. The van der Waals surface area contributed by atoms with Crippen LogP contribution in [0.5, 0.6) is 0 Å². The lowest BCUT2D eigenvalue weighted by Crippen LogP contribution is -2.09. The number of carbonyl (C=O) groups excluding carboxylic acids is 1. The minimum absolute atomic E-state index is 0.0791. The largest absolute Gasteiger partial charge is 0.385 e. The zero-order valence-corrected chi connectivity index (χ0v) is 17.5. The average molecular weight is 400 g/mol. The molecule has 0 bridgehead atoms. The molecule has 0 amide bonds. The molecule has 0 saturated carbocycles. The number of methoxy groups -OCH3 is 1. The molecule has 0 saturated heterocycles. The maximum Gasteiger partial charge on any atom is 0.214 e. The Kier molecular flexibility index (Phi) is 6.64. The fraction of sp³-hybridized carbons (Fsp3) is 0.400. The molecule has 0 radical (unpaired) electrons. The highest BCUT2D eigenvalue weighted by Gasteiger charge is 2.18. The molecule has 7 nitrogen and oxygen atoms in total. The SMILES string of the molecule is COCCCn1c(C)cc(C(=O)CSc2nnnn2-c2ccccc2C)c1C. The number of tetrazole rings is 1. The first-order valence-corrected chi connectivity index (χ1v) is 10.2. The number of aryl methyl sites for hydroxylation is 2. The van der Waals surface area contributed by atoms with E-state index in [9.17, 15) is 4.79 Å². The molecule has 0 aliphatic rings. The van der Waals surface area contributed by atoms with Gasteiger partial charge in [0, 0.05) is 37.2 Å². The van der Waals surface area contributed by atoms with Gasteiger partial charge in [-0.1, -0.05) is 30.0 Å². The molecule has 0 aliphatic heterocycles. The summed E-state index contributed by atoms with van der Waals surface area (Å²) in [7, 11) is 1.70. The lowest BCUT2D eigenvalue weighted by molar-refractivity contribution is 0.102. The average Bonchev–Trinajstić information content (AvgIpc) is 3.26. The fourth-order valence-electron chi connectivity index (χ4n) is 3.22. The minimum atomic E-state index is 0.0791. The van der Waals surface area contributed by atoms with Gasteiger partial charge in [-0.2, -0.15) is 4.68 Å². The molecule has 1 aromatic carbocycles. The van der Waals surface area contributed by atoms with Crippen molar-refractivity contribution in [1.29, 1.82) is 0 Å². The van der Waals surface area contributed by atoms with Crippen LogP contribution in [0.2, 0.25) is 0 Å². The van der Waals surface area contributed by atoms with Gasteiger partial charge >= 0.3 is 0 Å². The van der Waals surface area contributed by atoms with Crippen LogP contribution in [0.4, 0.5) is 0 Å². The van der Waals surface area contributed by atoms with Gasteiger partial charge in [0.1, 0.15) is 0 Å². The summed E-state index contributed by atoms with van der Waals surface area (Å²) in [5.74, 6) is 0.365. The zero-order valence-electron chi connectivity index (χ0n) is 16.7. The van der Waals surface area contributed by atoms with Crippen LogP contribution < -0.4 is 0 Å². The van der Waals surface area contributed by atoms with E-state index in [1.807, 2.05) is 51.1 Å². The molecule has 2 aromatic heterocycles. The smallest absolute Gasteiger partial charge is 0.214 e. The molecule has 8 heteroatoms. The Labute approximate surface area is 169 Å². The molecule has 0 fully saturated rings. The second-order valence-corrected chi connectivity index (χ2v) is 7.60. The quantitative estimate of drug-likeness (QED) is 0.312. The summed E-state index contributed by atoms with van der Waals surface area (Å²) < 4.78 is 8.99. The van der Waals surface area contributed by atoms with Crippen molar-refractivity contribution in [3.63, 3.8) is 0 Å². The van der Waals surface area contributed by atoms with Crippen LogP contribution in [0.1, 0.15) is 33.7 Å². The topological polar surface area (TPSA) is 74.8 Å². The molecule has 0 N–H and O–H groups in total. The van der Waals surface area contributed by atoms with Crippen molar-refractivity contribution in [3.05, 3.63) is 52.8 Å². The first-order valence-electron chi connectivity index (χ1n) is 9.19. The Morgan fingerprint density at radius 3 is 2.75 bits per heavy atom. The van der Waals surface area contributed by atoms with Crippen LogP contribution in [0.15, 0.2) is 35.5 Å². The third-order valence-corrected chi connectivity index (χ3v) is 5.64. The van der Waals surface area contributed by atoms with Gasteiger partial charge in [-0.05, 0) is 55.3 Å². The molecule has 2 heterocycles. The number of Topliss-reactive ketones (excluding diaryl/α,β-unsaturated/α-hetero) is 1. The van der Waals surface area contributed by atoms with Gasteiger partial charge < -0.3 is 9.30 Å². The second kappa shape index (κ2) is 9.16. The maximum absolute atomic E-state index is 12.8. The summed E-state index contributed by atoms with van der Waals surface area (Å²) in [5, 5.41) is 12.6. The number of benzene rings is 1. The van der Waals surface area contributed by atoms with Crippen molar-refractivity contribution in [3.8, 4) is 5.69 Å². The van der Waals surface area contributed by atoms with E-state index in [4.69, 9.17) is 4.74 Å². The van der Waals surface area contributed by atoms with Gasteiger partial charge in [-0.25, -0.2) is 0 Å². The van der Waals surface area contributed by atoms with E-state index in [0.717, 1.165) is 41.2 Å². The van der Waals surface area contributed by atoms with Gasteiger partial charge in [-0.3, -0.25) is 4.79 Å². The van der Waals surface area contributed by atoms with Crippen LogP contribution in [0, 0.1) is 20.8 Å². The van der Waals surface area contributed by atoms with E-state index in [1.165, 1.54) is 11.8 Å². The molecule has 0 atom stereocenters. The molecular weight excluding hydrogens is 374 g/mol. The van der Waals surface area contributed by atoms with E-state index < -0.39 is 0 Å². The first kappa shape index (κ1) is 20.3. The van der Waals surface area contributed by atoms with E-state index in [0.29, 0.717) is 11.8 Å².